The van der Waals surface area contributed by atoms with Gasteiger partial charge in [0, 0.05) is 13.1 Å². The molecular weight excluding hydrogens is 348 g/mol. The van der Waals surface area contributed by atoms with Gasteiger partial charge in [0.2, 0.25) is 17.0 Å². The molecule has 0 aromatic rings. The van der Waals surface area contributed by atoms with Gasteiger partial charge in [0.25, 0.3) is 0 Å². The van der Waals surface area contributed by atoms with Gasteiger partial charge in [-0.25, -0.2) is 0 Å². The van der Waals surface area contributed by atoms with Gasteiger partial charge in [-0.3, -0.25) is 23.6 Å². The van der Waals surface area contributed by atoms with E-state index in [2.05, 4.69) is 23.4 Å². The molecule has 7 nitrogen and oxygen atoms in total. The third-order valence-electron chi connectivity index (χ3n) is 3.44. The predicted molar refractivity (Wildman–Crippen MR) is 98.0 cm³/mol. The van der Waals surface area contributed by atoms with Crippen molar-refractivity contribution >= 4 is 44.7 Å². The quantitative estimate of drug-likeness (QED) is 0.541. The van der Waals surface area contributed by atoms with Gasteiger partial charge in [0.1, 0.15) is 15.5 Å². The Hall–Kier alpha value is -1.74. The Bertz CT molecular complexity index is 697. The first-order chi connectivity index (χ1) is 11.2. The van der Waals surface area contributed by atoms with Crippen LogP contribution in [0.4, 0.5) is 0 Å². The summed E-state index contributed by atoms with van der Waals surface area (Å²) < 4.78 is 11.6. The Kier molecular flexibility index (Phi) is 5.44. The Balaban J connectivity index is 2.38. The van der Waals surface area contributed by atoms with Crippen molar-refractivity contribution in [1.82, 2.24) is 9.80 Å². The van der Waals surface area contributed by atoms with E-state index in [1.807, 2.05) is 0 Å². The maximum atomic E-state index is 12.6. The Morgan fingerprint density at radius 1 is 1.38 bits per heavy atom. The van der Waals surface area contributed by atoms with Crippen LogP contribution in [-0.2, 0) is 20.4 Å². The number of thioether (sulfide) groups is 1. The zero-order valence-electron chi connectivity index (χ0n) is 13.9. The van der Waals surface area contributed by atoms with Gasteiger partial charge in [0.15, 0.2) is 5.17 Å². The molecule has 2 amide bonds. The van der Waals surface area contributed by atoms with Gasteiger partial charge < -0.3 is 0 Å². The summed E-state index contributed by atoms with van der Waals surface area (Å²) in [6.45, 7) is 13.0. The highest BCUT2D eigenvalue weighted by atomic mass is 32.2. The van der Waals surface area contributed by atoms with Crippen LogP contribution in [0.1, 0.15) is 20.8 Å². The summed E-state index contributed by atoms with van der Waals surface area (Å²) in [5.74, 6) is -0.0805. The van der Waals surface area contributed by atoms with E-state index in [4.69, 9.17) is 0 Å². The molecule has 2 rings (SSSR count). The summed E-state index contributed by atoms with van der Waals surface area (Å²) in [4.78, 5) is 27.1. The fourth-order valence-corrected chi connectivity index (χ4v) is 4.21. The van der Waals surface area contributed by atoms with Crippen LogP contribution in [0.25, 0.3) is 0 Å². The number of carbonyl (C=O) groups excluding carboxylic acids is 2. The van der Waals surface area contributed by atoms with Gasteiger partial charge in [-0.2, -0.15) is 0 Å². The van der Waals surface area contributed by atoms with Crippen molar-refractivity contribution in [2.24, 2.45) is 10.2 Å². The van der Waals surface area contributed by atoms with E-state index in [0.29, 0.717) is 11.7 Å². The first kappa shape index (κ1) is 18.6. The molecule has 2 fully saturated rings. The molecule has 1 atom stereocenters. The smallest absolute Gasteiger partial charge is 0.247 e. The average molecular weight is 368 g/mol. The second kappa shape index (κ2) is 7.02. The number of amidine groups is 2. The lowest BCUT2D eigenvalue weighted by Crippen LogP contribution is -2.37. The van der Waals surface area contributed by atoms with Crippen molar-refractivity contribution < 1.29 is 13.8 Å². The van der Waals surface area contributed by atoms with Crippen molar-refractivity contribution in [3.05, 3.63) is 24.8 Å². The highest BCUT2D eigenvalue weighted by Gasteiger charge is 2.50. The minimum atomic E-state index is -1.63. The Labute approximate surface area is 148 Å². The van der Waals surface area contributed by atoms with Crippen LogP contribution in [-0.4, -0.2) is 59.7 Å². The van der Waals surface area contributed by atoms with E-state index in [1.165, 1.54) is 21.6 Å². The second-order valence-electron chi connectivity index (χ2n) is 5.97. The molecule has 0 radical (unpaired) electrons. The molecule has 2 aliphatic rings. The minimum absolute atomic E-state index is 0.0819. The van der Waals surface area contributed by atoms with E-state index in [0.717, 1.165) is 5.57 Å². The lowest BCUT2D eigenvalue weighted by Gasteiger charge is -2.16. The molecule has 0 aliphatic carbocycles. The second-order valence-corrected chi connectivity index (χ2v) is 8.84. The third kappa shape index (κ3) is 3.36. The first-order valence-electron chi connectivity index (χ1n) is 7.28. The zero-order chi connectivity index (χ0) is 18.1. The molecule has 9 heteroatoms. The molecular formula is C15H20N4O3S2. The molecule has 1 unspecified atom stereocenters. The molecule has 2 saturated heterocycles. The first-order valence-corrected chi connectivity index (χ1v) is 9.41. The third-order valence-corrected chi connectivity index (χ3v) is 6.12. The highest BCUT2D eigenvalue weighted by molar-refractivity contribution is 8.15. The molecule has 0 saturated carbocycles. The number of hydrogen-bond donors (Lipinski definition) is 0. The average Bonchev–Trinajstić information content (AvgIpc) is 2.92. The van der Waals surface area contributed by atoms with Crippen molar-refractivity contribution in [2.75, 3.05) is 18.8 Å². The molecule has 2 heterocycles. The van der Waals surface area contributed by atoms with E-state index in [9.17, 15) is 13.8 Å². The maximum Gasteiger partial charge on any atom is 0.247 e. The van der Waals surface area contributed by atoms with Crippen LogP contribution in [0.15, 0.2) is 35.0 Å². The van der Waals surface area contributed by atoms with Gasteiger partial charge in [-0.15, -0.1) is 16.8 Å². The molecule has 24 heavy (non-hydrogen) atoms. The van der Waals surface area contributed by atoms with Crippen LogP contribution >= 0.6 is 11.8 Å². The molecule has 0 aromatic carbocycles. The number of amides is 2. The summed E-state index contributed by atoms with van der Waals surface area (Å²) in [6.07, 6.45) is 1.60. The molecule has 0 N–H and O–H groups in total. The van der Waals surface area contributed by atoms with Crippen LogP contribution < -0.4 is 0 Å². The Morgan fingerprint density at radius 2 is 2.04 bits per heavy atom. The number of carbonyl (C=O) groups is 2. The van der Waals surface area contributed by atoms with E-state index in [-0.39, 0.29) is 29.3 Å². The topological polar surface area (TPSA) is 82.4 Å². The zero-order valence-corrected chi connectivity index (χ0v) is 15.6. The normalized spacial score (nSPS) is 26.7. The standard InChI is InChI=1S/C15H20N4O3S2/c1-6-7-18-11(20)9-23-13(18)16-17-14-19(8-10(2)3)12(21)15(4,5)24(14)22/h6H,1-2,7-9H2,3-5H3/b16-13+,17-14+. The number of rotatable bonds is 5. The predicted octanol–water partition coefficient (Wildman–Crippen LogP) is 1.32. The SMILES string of the molecule is C=CCN1C(=O)CS/C1=N/N=C1\N(CC(=C)C)C(=O)C(C)(C)S1=O. The molecule has 130 valence electrons. The monoisotopic (exact) mass is 368 g/mol. The van der Waals surface area contributed by atoms with Crippen molar-refractivity contribution in [3.8, 4) is 0 Å². The summed E-state index contributed by atoms with van der Waals surface area (Å²) >= 11 is 1.25. The van der Waals surface area contributed by atoms with Crippen LogP contribution in [0.5, 0.6) is 0 Å². The fourth-order valence-electron chi connectivity index (χ4n) is 2.19. The molecule has 0 bridgehead atoms. The van der Waals surface area contributed by atoms with Crippen LogP contribution in [0, 0.1) is 0 Å². The molecule has 0 aromatic heterocycles. The van der Waals surface area contributed by atoms with Crippen LogP contribution in [0.2, 0.25) is 0 Å². The van der Waals surface area contributed by atoms with Gasteiger partial charge in [-0.05, 0) is 20.8 Å². The van der Waals surface area contributed by atoms with Gasteiger partial charge in [-0.1, -0.05) is 30.0 Å². The summed E-state index contributed by atoms with van der Waals surface area (Å²) in [6, 6.07) is 0. The van der Waals surface area contributed by atoms with Crippen molar-refractivity contribution in [1.29, 1.82) is 0 Å². The minimum Gasteiger partial charge on any atom is -0.285 e. The van der Waals surface area contributed by atoms with Crippen molar-refractivity contribution in [3.63, 3.8) is 0 Å². The summed E-state index contributed by atoms with van der Waals surface area (Å²) in [5.41, 5.74) is 0.747. The number of hydrogen-bond acceptors (Lipinski definition) is 6. The summed E-state index contributed by atoms with van der Waals surface area (Å²) in [5, 5.41) is 8.64. The molecule has 0 spiro atoms. The van der Waals surface area contributed by atoms with E-state index in [1.54, 1.807) is 26.8 Å². The number of nitrogens with zero attached hydrogens (tertiary/aromatic N) is 4. The van der Waals surface area contributed by atoms with E-state index >= 15 is 0 Å². The van der Waals surface area contributed by atoms with E-state index < -0.39 is 15.5 Å². The lowest BCUT2D eigenvalue weighted by atomic mass is 10.2. The lowest BCUT2D eigenvalue weighted by molar-refractivity contribution is -0.128. The Morgan fingerprint density at radius 3 is 2.62 bits per heavy atom. The highest BCUT2D eigenvalue weighted by Crippen LogP contribution is 2.28. The van der Waals surface area contributed by atoms with Gasteiger partial charge in [0.05, 0.1) is 5.75 Å². The maximum absolute atomic E-state index is 12.6. The van der Waals surface area contributed by atoms with Crippen molar-refractivity contribution in [2.45, 2.75) is 25.5 Å². The summed E-state index contributed by atoms with van der Waals surface area (Å²) in [7, 11) is -1.63. The molecule has 2 aliphatic heterocycles. The largest absolute Gasteiger partial charge is 0.285 e. The fraction of sp³-hybridized carbons (Fsp3) is 0.467. The van der Waals surface area contributed by atoms with Gasteiger partial charge >= 0.3 is 0 Å². The van der Waals surface area contributed by atoms with Crippen LogP contribution in [0.3, 0.4) is 0 Å².